The first kappa shape index (κ1) is 47.1. The van der Waals surface area contributed by atoms with Gasteiger partial charge in [0.05, 0.1) is 39.2 Å². The molecule has 0 saturated carbocycles. The Morgan fingerprint density at radius 3 is 2.05 bits per heavy atom. The molecule has 14 nitrogen and oxygen atoms in total. The van der Waals surface area contributed by atoms with E-state index in [1.165, 1.54) is 10.8 Å². The number of rotatable bonds is 19. The van der Waals surface area contributed by atoms with E-state index in [2.05, 4.69) is 42.7 Å². The molecule has 4 atom stereocenters. The SMILES string of the molecule is COc1ccc(C(OC[C@H]2O[C@@H](n3cc(C)c(=O)[nH]c3=O)C[C@@H]2OP(OCCOC(=O)Nc2cccc3ccccc23)N(C(C)C)C(C)C)(c2ccccc2)c2ccc(OC)cc2)cc1. The molecule has 1 saturated heterocycles. The highest BCUT2D eigenvalue weighted by atomic mass is 31.2. The number of benzene rings is 5. The highest BCUT2D eigenvalue weighted by molar-refractivity contribution is 7.44. The maximum Gasteiger partial charge on any atom is 0.411 e. The summed E-state index contributed by atoms with van der Waals surface area (Å²) in [6, 6.07) is 38.9. The van der Waals surface area contributed by atoms with Crippen LogP contribution in [0, 0.1) is 6.92 Å². The predicted octanol–water partition coefficient (Wildman–Crippen LogP) is 9.31. The zero-order valence-corrected chi connectivity index (χ0v) is 38.7. The molecular formula is C50H57N4O10P. The lowest BCUT2D eigenvalue weighted by Crippen LogP contribution is -2.40. The fourth-order valence-electron chi connectivity index (χ4n) is 8.18. The van der Waals surface area contributed by atoms with Gasteiger partial charge in [-0.15, -0.1) is 0 Å². The Bertz CT molecular complexity index is 2560. The molecule has 1 unspecified atom stereocenters. The van der Waals surface area contributed by atoms with E-state index >= 15 is 0 Å². The Hall–Kier alpha value is -5.86. The van der Waals surface area contributed by atoms with Crippen molar-refractivity contribution >= 4 is 31.1 Å². The van der Waals surface area contributed by atoms with Gasteiger partial charge in [-0.2, -0.15) is 0 Å². The van der Waals surface area contributed by atoms with Gasteiger partial charge in [-0.3, -0.25) is 19.7 Å². The van der Waals surface area contributed by atoms with Crippen molar-refractivity contribution in [3.8, 4) is 11.5 Å². The Kier molecular flexibility index (Phi) is 15.5. The van der Waals surface area contributed by atoms with Crippen LogP contribution >= 0.6 is 8.53 Å². The molecular weight excluding hydrogens is 848 g/mol. The molecule has 1 aliphatic heterocycles. The van der Waals surface area contributed by atoms with Crippen LogP contribution in [0.2, 0.25) is 0 Å². The highest BCUT2D eigenvalue weighted by Gasteiger charge is 2.45. The molecule has 342 valence electrons. The third-order valence-corrected chi connectivity index (χ3v) is 13.4. The second-order valence-corrected chi connectivity index (χ2v) is 17.6. The lowest BCUT2D eigenvalue weighted by Gasteiger charge is -2.39. The third kappa shape index (κ3) is 10.8. The summed E-state index contributed by atoms with van der Waals surface area (Å²) < 4.78 is 47.9. The quantitative estimate of drug-likeness (QED) is 0.0455. The molecule has 0 bridgehead atoms. The molecule has 15 heteroatoms. The van der Waals surface area contributed by atoms with Crippen LogP contribution in [0.25, 0.3) is 10.8 Å². The summed E-state index contributed by atoms with van der Waals surface area (Å²) in [6.45, 7) is 9.86. The van der Waals surface area contributed by atoms with E-state index in [4.69, 9.17) is 32.7 Å². The van der Waals surface area contributed by atoms with Crippen molar-refractivity contribution in [3.05, 3.63) is 171 Å². The number of aromatic nitrogens is 2. The maximum atomic E-state index is 13.3. The molecule has 2 heterocycles. The summed E-state index contributed by atoms with van der Waals surface area (Å²) in [5.41, 5.74) is 1.25. The molecule has 1 aromatic heterocycles. The molecule has 65 heavy (non-hydrogen) atoms. The van der Waals surface area contributed by atoms with Crippen LogP contribution in [0.15, 0.2) is 137 Å². The largest absolute Gasteiger partial charge is 0.497 e. The number of hydrogen-bond acceptors (Lipinski definition) is 11. The van der Waals surface area contributed by atoms with E-state index in [1.807, 2.05) is 121 Å². The number of nitrogens with zero attached hydrogens (tertiary/aromatic N) is 2. The van der Waals surface area contributed by atoms with Crippen LogP contribution in [-0.2, 0) is 28.9 Å². The van der Waals surface area contributed by atoms with Gasteiger partial charge in [-0.1, -0.05) is 91.0 Å². The maximum absolute atomic E-state index is 13.3. The number of aryl methyl sites for hydroxylation is 1. The van der Waals surface area contributed by atoms with Crippen molar-refractivity contribution in [3.63, 3.8) is 0 Å². The normalized spacial score (nSPS) is 16.9. The Balaban J connectivity index is 1.19. The van der Waals surface area contributed by atoms with Gasteiger partial charge in [0.1, 0.15) is 36.0 Å². The minimum absolute atomic E-state index is 0.00478. The molecule has 0 spiro atoms. The number of methoxy groups -OCH3 is 2. The lowest BCUT2D eigenvalue weighted by atomic mass is 9.80. The van der Waals surface area contributed by atoms with E-state index in [-0.39, 0.29) is 38.3 Å². The van der Waals surface area contributed by atoms with E-state index < -0.39 is 49.9 Å². The van der Waals surface area contributed by atoms with Crippen molar-refractivity contribution in [2.45, 2.75) is 77.2 Å². The van der Waals surface area contributed by atoms with Crippen LogP contribution in [0.5, 0.6) is 11.5 Å². The van der Waals surface area contributed by atoms with Gasteiger partial charge in [0.2, 0.25) is 0 Å². The van der Waals surface area contributed by atoms with Crippen LogP contribution in [0.4, 0.5) is 10.5 Å². The van der Waals surface area contributed by atoms with Gasteiger partial charge < -0.3 is 32.7 Å². The molecule has 5 aromatic carbocycles. The summed E-state index contributed by atoms with van der Waals surface area (Å²) in [7, 11) is 1.43. The number of ether oxygens (including phenoxy) is 5. The first-order chi connectivity index (χ1) is 31.4. The topological polar surface area (TPSA) is 152 Å². The summed E-state index contributed by atoms with van der Waals surface area (Å²) in [5.74, 6) is 1.37. The number of nitrogens with one attached hydrogen (secondary N) is 2. The molecule has 2 N–H and O–H groups in total. The van der Waals surface area contributed by atoms with Gasteiger partial charge in [-0.05, 0) is 87.0 Å². The monoisotopic (exact) mass is 904 g/mol. The third-order valence-electron chi connectivity index (χ3n) is 11.3. The number of hydrogen-bond donors (Lipinski definition) is 2. The van der Waals surface area contributed by atoms with Crippen LogP contribution in [0.3, 0.4) is 0 Å². The average molecular weight is 905 g/mol. The molecule has 0 aliphatic carbocycles. The van der Waals surface area contributed by atoms with E-state index in [0.717, 1.165) is 27.5 Å². The van der Waals surface area contributed by atoms with Gasteiger partial charge in [-0.25, -0.2) is 14.3 Å². The summed E-state index contributed by atoms with van der Waals surface area (Å²) in [4.78, 5) is 41.3. The Morgan fingerprint density at radius 1 is 0.815 bits per heavy atom. The number of anilines is 1. The van der Waals surface area contributed by atoms with Crippen molar-refractivity contribution in [1.82, 2.24) is 14.2 Å². The van der Waals surface area contributed by atoms with Crippen LogP contribution in [-0.4, -0.2) is 78.6 Å². The second-order valence-electron chi connectivity index (χ2n) is 16.2. The van der Waals surface area contributed by atoms with Crippen LogP contribution < -0.4 is 26.0 Å². The first-order valence-electron chi connectivity index (χ1n) is 21.7. The van der Waals surface area contributed by atoms with Gasteiger partial charge in [0.15, 0.2) is 0 Å². The number of amides is 1. The van der Waals surface area contributed by atoms with Gasteiger partial charge in [0, 0.05) is 35.7 Å². The van der Waals surface area contributed by atoms with Gasteiger partial charge in [0.25, 0.3) is 14.1 Å². The zero-order chi connectivity index (χ0) is 46.1. The van der Waals surface area contributed by atoms with Gasteiger partial charge >= 0.3 is 11.8 Å². The molecule has 0 radical (unpaired) electrons. The van der Waals surface area contributed by atoms with E-state index in [0.29, 0.717) is 22.7 Å². The zero-order valence-electron chi connectivity index (χ0n) is 37.8. The second kappa shape index (κ2) is 21.4. The minimum Gasteiger partial charge on any atom is -0.497 e. The standard InChI is InChI=1S/C50H57N4O10P/c1-33(2)54(34(3)4)65(62-29-28-60-49(57)51-43-19-13-15-36-14-11-12-18-42(36)43)64-44-30-46(53-31-35(5)47(55)52-48(53)56)63-45(44)32-61-50(37-16-9-8-10-17-37,38-20-24-40(58-6)25-21-38)39-22-26-41(59-7)27-23-39/h8-27,31,33-34,44-46H,28-30,32H2,1-7H3,(H,51,57)(H,52,55,56)/t44-,45+,46+,65?/m0/s1. The summed E-state index contributed by atoms with van der Waals surface area (Å²) in [5, 5.41) is 4.75. The molecule has 6 aromatic rings. The van der Waals surface area contributed by atoms with Crippen molar-refractivity contribution < 1.29 is 37.5 Å². The number of fused-ring (bicyclic) bond motifs is 1. The minimum atomic E-state index is -1.82. The average Bonchev–Trinajstić information content (AvgIpc) is 3.71. The van der Waals surface area contributed by atoms with Crippen molar-refractivity contribution in [2.75, 3.05) is 39.4 Å². The molecule has 7 rings (SSSR count). The summed E-state index contributed by atoms with van der Waals surface area (Å²) in [6.07, 6.45) is -1.14. The predicted molar refractivity (Wildman–Crippen MR) is 252 cm³/mol. The number of carbonyl (C=O) groups is 1. The van der Waals surface area contributed by atoms with Crippen molar-refractivity contribution in [1.29, 1.82) is 0 Å². The van der Waals surface area contributed by atoms with E-state index in [1.54, 1.807) is 21.1 Å². The first-order valence-corrected chi connectivity index (χ1v) is 22.8. The smallest absolute Gasteiger partial charge is 0.411 e. The van der Waals surface area contributed by atoms with Crippen LogP contribution in [0.1, 0.15) is 62.6 Å². The number of H-pyrrole nitrogens is 1. The highest BCUT2D eigenvalue weighted by Crippen LogP contribution is 2.50. The van der Waals surface area contributed by atoms with Crippen molar-refractivity contribution in [2.24, 2.45) is 0 Å². The number of carbonyl (C=O) groups excluding carboxylic acids is 1. The summed E-state index contributed by atoms with van der Waals surface area (Å²) >= 11 is 0. The lowest BCUT2D eigenvalue weighted by molar-refractivity contribution is -0.0926. The fourth-order valence-corrected chi connectivity index (χ4v) is 9.93. The fraction of sp³-hybridized carbons (Fsp3) is 0.340. The van der Waals surface area contributed by atoms with E-state index in [9.17, 15) is 14.4 Å². The Labute approximate surface area is 380 Å². The molecule has 1 amide bonds. The Morgan fingerprint density at radius 2 is 1.42 bits per heavy atom. The molecule has 1 fully saturated rings. The molecule has 1 aliphatic rings. The number of aromatic amines is 1.